The maximum atomic E-state index is 13.6. The minimum atomic E-state index is -0.904. The molecule has 0 aromatic heterocycles. The molecule has 110 valence electrons. The summed E-state index contributed by atoms with van der Waals surface area (Å²) in [7, 11) is 0. The summed E-state index contributed by atoms with van der Waals surface area (Å²) in [4.78, 5) is 1.93. The molecule has 1 unspecified atom stereocenters. The van der Waals surface area contributed by atoms with Crippen molar-refractivity contribution in [2.45, 2.75) is 32.2 Å². The lowest BCUT2D eigenvalue weighted by Crippen LogP contribution is -2.40. The Labute approximate surface area is 128 Å². The van der Waals surface area contributed by atoms with Crippen LogP contribution in [-0.2, 0) is 12.1 Å². The van der Waals surface area contributed by atoms with Crippen molar-refractivity contribution in [3.8, 4) is 0 Å². The highest BCUT2D eigenvalue weighted by Crippen LogP contribution is 2.44. The number of halogens is 2. The fraction of sp³-hybridized carbons (Fsp3) is 0.294. The standard InChI is InChI=1S/C17H17ClFNO/c1-17(2,12-6-4-3-5-7-12)20-10-11-8-9-13(19)15(18)14(11)16(20)21/h3-9,16,21H,10H2,1-2H3. The first-order valence-electron chi connectivity index (χ1n) is 6.90. The van der Waals surface area contributed by atoms with Crippen LogP contribution in [-0.4, -0.2) is 10.0 Å². The number of aliphatic hydroxyl groups is 1. The van der Waals surface area contributed by atoms with Gasteiger partial charge in [0.25, 0.3) is 0 Å². The molecular weight excluding hydrogens is 289 g/mol. The van der Waals surface area contributed by atoms with Crippen LogP contribution < -0.4 is 0 Å². The van der Waals surface area contributed by atoms with Gasteiger partial charge in [-0.05, 0) is 31.0 Å². The van der Waals surface area contributed by atoms with Crippen molar-refractivity contribution >= 4 is 11.6 Å². The van der Waals surface area contributed by atoms with E-state index in [2.05, 4.69) is 0 Å². The summed E-state index contributed by atoms with van der Waals surface area (Å²) in [6.45, 7) is 4.63. The zero-order valence-electron chi connectivity index (χ0n) is 12.0. The third kappa shape index (κ3) is 2.26. The van der Waals surface area contributed by atoms with Gasteiger partial charge in [0.05, 0.1) is 5.02 Å². The minimum Gasteiger partial charge on any atom is -0.374 e. The molecule has 2 nitrogen and oxygen atoms in total. The number of fused-ring (bicyclic) bond motifs is 1. The number of nitrogens with zero attached hydrogens (tertiary/aromatic N) is 1. The van der Waals surface area contributed by atoms with E-state index < -0.39 is 12.0 Å². The van der Waals surface area contributed by atoms with E-state index in [1.807, 2.05) is 49.1 Å². The molecule has 0 aliphatic carbocycles. The van der Waals surface area contributed by atoms with Crippen molar-refractivity contribution in [1.82, 2.24) is 4.90 Å². The molecule has 3 rings (SSSR count). The summed E-state index contributed by atoms with van der Waals surface area (Å²) in [5.41, 5.74) is 2.06. The topological polar surface area (TPSA) is 23.5 Å². The first-order chi connectivity index (χ1) is 9.93. The summed E-state index contributed by atoms with van der Waals surface area (Å²) in [5.74, 6) is -0.492. The first-order valence-corrected chi connectivity index (χ1v) is 7.28. The van der Waals surface area contributed by atoms with Crippen LogP contribution in [0.25, 0.3) is 0 Å². The van der Waals surface area contributed by atoms with Crippen LogP contribution >= 0.6 is 11.6 Å². The second-order valence-corrected chi connectivity index (χ2v) is 6.24. The predicted molar refractivity (Wildman–Crippen MR) is 81.4 cm³/mol. The monoisotopic (exact) mass is 305 g/mol. The van der Waals surface area contributed by atoms with Gasteiger partial charge in [-0.15, -0.1) is 0 Å². The first kappa shape index (κ1) is 14.5. The van der Waals surface area contributed by atoms with Gasteiger partial charge < -0.3 is 5.11 Å². The molecule has 0 bridgehead atoms. The largest absolute Gasteiger partial charge is 0.374 e. The van der Waals surface area contributed by atoms with E-state index in [0.29, 0.717) is 12.1 Å². The summed E-state index contributed by atoms with van der Waals surface area (Å²) >= 11 is 6.03. The number of hydrogen-bond acceptors (Lipinski definition) is 2. The number of benzene rings is 2. The van der Waals surface area contributed by atoms with Gasteiger partial charge in [-0.3, -0.25) is 4.90 Å². The molecule has 21 heavy (non-hydrogen) atoms. The Hall–Kier alpha value is -1.42. The molecule has 1 aliphatic heterocycles. The van der Waals surface area contributed by atoms with Crippen LogP contribution in [0.15, 0.2) is 42.5 Å². The smallest absolute Gasteiger partial charge is 0.142 e. The van der Waals surface area contributed by atoms with Crippen molar-refractivity contribution in [2.75, 3.05) is 0 Å². The quantitative estimate of drug-likeness (QED) is 0.898. The molecule has 0 amide bonds. The summed E-state index contributed by atoms with van der Waals surface area (Å²) in [6, 6.07) is 13.0. The van der Waals surface area contributed by atoms with Crippen molar-refractivity contribution in [1.29, 1.82) is 0 Å². The van der Waals surface area contributed by atoms with Crippen molar-refractivity contribution in [3.63, 3.8) is 0 Å². The van der Waals surface area contributed by atoms with Crippen molar-refractivity contribution < 1.29 is 9.50 Å². The highest BCUT2D eigenvalue weighted by Gasteiger charge is 2.40. The lowest BCUT2D eigenvalue weighted by molar-refractivity contribution is -0.0533. The number of hydrogen-bond donors (Lipinski definition) is 1. The van der Waals surface area contributed by atoms with Gasteiger partial charge >= 0.3 is 0 Å². The minimum absolute atomic E-state index is 0.0198. The van der Waals surface area contributed by atoms with E-state index in [0.717, 1.165) is 11.1 Å². The van der Waals surface area contributed by atoms with Crippen LogP contribution in [0.3, 0.4) is 0 Å². The molecule has 1 atom stereocenters. The maximum absolute atomic E-state index is 13.6. The molecule has 4 heteroatoms. The van der Waals surface area contributed by atoms with Gasteiger partial charge in [0.1, 0.15) is 12.0 Å². The average molecular weight is 306 g/mol. The van der Waals surface area contributed by atoms with Gasteiger partial charge in [-0.2, -0.15) is 0 Å². The second-order valence-electron chi connectivity index (χ2n) is 5.86. The van der Waals surface area contributed by atoms with Crippen LogP contribution in [0.4, 0.5) is 4.39 Å². The summed E-state index contributed by atoms with van der Waals surface area (Å²) in [6.07, 6.45) is -0.904. The average Bonchev–Trinajstić information content (AvgIpc) is 2.82. The molecule has 2 aromatic carbocycles. The van der Waals surface area contributed by atoms with E-state index >= 15 is 0 Å². The van der Waals surface area contributed by atoms with Crippen LogP contribution in [0.2, 0.25) is 5.02 Å². The molecule has 0 saturated heterocycles. The lowest BCUT2D eigenvalue weighted by atomic mass is 9.92. The van der Waals surface area contributed by atoms with Gasteiger partial charge in [-0.25, -0.2) is 4.39 Å². The number of rotatable bonds is 2. The van der Waals surface area contributed by atoms with E-state index in [1.165, 1.54) is 6.07 Å². The third-order valence-corrected chi connectivity index (χ3v) is 4.70. The van der Waals surface area contributed by atoms with Crippen LogP contribution in [0.5, 0.6) is 0 Å². The van der Waals surface area contributed by atoms with Crippen LogP contribution in [0, 0.1) is 5.82 Å². The van der Waals surface area contributed by atoms with Gasteiger partial charge in [-0.1, -0.05) is 48.0 Å². The fourth-order valence-electron chi connectivity index (χ4n) is 2.96. The molecule has 2 aromatic rings. The Morgan fingerprint density at radius 1 is 1.19 bits per heavy atom. The van der Waals surface area contributed by atoms with E-state index in [9.17, 15) is 9.50 Å². The molecule has 0 spiro atoms. The molecular formula is C17H17ClFNO. The molecule has 1 heterocycles. The normalized spacial score (nSPS) is 18.8. The second kappa shape index (κ2) is 5.09. The zero-order chi connectivity index (χ0) is 15.2. The predicted octanol–water partition coefficient (Wildman–Crippen LogP) is 4.22. The molecule has 1 N–H and O–H groups in total. The Balaban J connectivity index is 2.02. The molecule has 0 fully saturated rings. The van der Waals surface area contributed by atoms with Gasteiger partial charge in [0.2, 0.25) is 0 Å². The zero-order valence-corrected chi connectivity index (χ0v) is 12.7. The van der Waals surface area contributed by atoms with Crippen molar-refractivity contribution in [2.24, 2.45) is 0 Å². The molecule has 0 saturated carbocycles. The van der Waals surface area contributed by atoms with Crippen LogP contribution in [0.1, 0.15) is 36.8 Å². The van der Waals surface area contributed by atoms with E-state index in [-0.39, 0.29) is 10.6 Å². The summed E-state index contributed by atoms with van der Waals surface area (Å²) in [5, 5.41) is 10.6. The summed E-state index contributed by atoms with van der Waals surface area (Å²) < 4.78 is 13.6. The Bertz CT molecular complexity index is 672. The highest BCUT2D eigenvalue weighted by molar-refractivity contribution is 6.31. The highest BCUT2D eigenvalue weighted by atomic mass is 35.5. The Morgan fingerprint density at radius 2 is 1.86 bits per heavy atom. The third-order valence-electron chi connectivity index (χ3n) is 4.32. The Morgan fingerprint density at radius 3 is 2.52 bits per heavy atom. The van der Waals surface area contributed by atoms with Crippen molar-refractivity contribution in [3.05, 3.63) is 70.0 Å². The van der Waals surface area contributed by atoms with Gasteiger partial charge in [0, 0.05) is 17.6 Å². The van der Waals surface area contributed by atoms with Gasteiger partial charge in [0.15, 0.2) is 0 Å². The Kier molecular flexibility index (Phi) is 3.52. The SMILES string of the molecule is CC(C)(c1ccccc1)N1Cc2ccc(F)c(Cl)c2C1O. The molecule has 1 aliphatic rings. The lowest BCUT2D eigenvalue weighted by Gasteiger charge is -2.38. The van der Waals surface area contributed by atoms with E-state index in [1.54, 1.807) is 6.07 Å². The number of aliphatic hydroxyl groups excluding tert-OH is 1. The van der Waals surface area contributed by atoms with E-state index in [4.69, 9.17) is 11.6 Å². The maximum Gasteiger partial charge on any atom is 0.142 e. The fourth-order valence-corrected chi connectivity index (χ4v) is 3.25. The molecule has 0 radical (unpaired) electrons.